The van der Waals surface area contributed by atoms with E-state index in [9.17, 15) is 4.79 Å². The first kappa shape index (κ1) is 14.6. The standard InChI is InChI=1S/C16H12Br2O3/c17-12-2-1-3-13(18)16(12)21-9-14(19)10-4-5-15-11(8-10)6-7-20-15/h1-5,8H,6-7,9H2. The zero-order valence-electron chi connectivity index (χ0n) is 11.1. The van der Waals surface area contributed by atoms with Crippen LogP contribution >= 0.6 is 31.9 Å². The zero-order valence-corrected chi connectivity index (χ0v) is 14.2. The third-order valence-electron chi connectivity index (χ3n) is 3.28. The second kappa shape index (κ2) is 6.20. The molecule has 0 spiro atoms. The maximum Gasteiger partial charge on any atom is 0.200 e. The van der Waals surface area contributed by atoms with E-state index < -0.39 is 0 Å². The quantitative estimate of drug-likeness (QED) is 0.699. The van der Waals surface area contributed by atoms with E-state index in [1.807, 2.05) is 30.3 Å². The van der Waals surface area contributed by atoms with E-state index in [0.717, 1.165) is 26.7 Å². The predicted octanol–water partition coefficient (Wildman–Crippen LogP) is 4.41. The molecule has 5 heteroatoms. The van der Waals surface area contributed by atoms with Gasteiger partial charge in [-0.05, 0) is 67.8 Å². The highest BCUT2D eigenvalue weighted by Gasteiger charge is 2.16. The molecule has 1 aliphatic heterocycles. The van der Waals surface area contributed by atoms with E-state index in [1.54, 1.807) is 6.07 Å². The summed E-state index contributed by atoms with van der Waals surface area (Å²) in [7, 11) is 0. The van der Waals surface area contributed by atoms with Gasteiger partial charge in [0, 0.05) is 12.0 Å². The molecule has 0 bridgehead atoms. The van der Waals surface area contributed by atoms with Crippen molar-refractivity contribution in [3.63, 3.8) is 0 Å². The molecule has 108 valence electrons. The lowest BCUT2D eigenvalue weighted by Gasteiger charge is -2.10. The highest BCUT2D eigenvalue weighted by Crippen LogP contribution is 2.33. The summed E-state index contributed by atoms with van der Waals surface area (Å²) < 4.78 is 12.7. The van der Waals surface area contributed by atoms with Crippen LogP contribution in [0.2, 0.25) is 0 Å². The van der Waals surface area contributed by atoms with Crippen LogP contribution in [-0.4, -0.2) is 19.0 Å². The van der Waals surface area contributed by atoms with Crippen molar-refractivity contribution in [2.45, 2.75) is 6.42 Å². The van der Waals surface area contributed by atoms with Crippen LogP contribution in [0.1, 0.15) is 15.9 Å². The molecule has 2 aromatic rings. The van der Waals surface area contributed by atoms with E-state index >= 15 is 0 Å². The molecule has 0 aromatic heterocycles. The number of hydrogen-bond donors (Lipinski definition) is 0. The average Bonchev–Trinajstić information content (AvgIpc) is 2.93. The molecule has 0 saturated carbocycles. The van der Waals surface area contributed by atoms with Crippen LogP contribution in [0, 0.1) is 0 Å². The van der Waals surface area contributed by atoms with E-state index in [1.165, 1.54) is 0 Å². The molecule has 2 aromatic carbocycles. The van der Waals surface area contributed by atoms with Crippen molar-refractivity contribution >= 4 is 37.6 Å². The molecule has 0 fully saturated rings. The fourth-order valence-electron chi connectivity index (χ4n) is 2.20. The Balaban J connectivity index is 1.72. The van der Waals surface area contributed by atoms with Gasteiger partial charge in [0.15, 0.2) is 12.4 Å². The number of para-hydroxylation sites is 1. The lowest BCUT2D eigenvalue weighted by molar-refractivity contribution is 0.0920. The van der Waals surface area contributed by atoms with Crippen molar-refractivity contribution in [1.82, 2.24) is 0 Å². The van der Waals surface area contributed by atoms with Gasteiger partial charge >= 0.3 is 0 Å². The van der Waals surface area contributed by atoms with Gasteiger partial charge in [0.2, 0.25) is 0 Å². The largest absolute Gasteiger partial charge is 0.493 e. The summed E-state index contributed by atoms with van der Waals surface area (Å²) in [6.45, 7) is 0.689. The average molecular weight is 412 g/mol. The molecule has 3 rings (SSSR count). The van der Waals surface area contributed by atoms with E-state index in [-0.39, 0.29) is 12.4 Å². The van der Waals surface area contributed by atoms with Crippen LogP contribution in [0.25, 0.3) is 0 Å². The van der Waals surface area contributed by atoms with Crippen molar-refractivity contribution in [2.75, 3.05) is 13.2 Å². The lowest BCUT2D eigenvalue weighted by Crippen LogP contribution is -2.12. The number of fused-ring (bicyclic) bond motifs is 1. The van der Waals surface area contributed by atoms with Crippen molar-refractivity contribution in [2.24, 2.45) is 0 Å². The third-order valence-corrected chi connectivity index (χ3v) is 4.53. The maximum atomic E-state index is 12.2. The molecule has 0 saturated heterocycles. The molecule has 0 atom stereocenters. The van der Waals surface area contributed by atoms with Crippen LogP contribution in [0.3, 0.4) is 0 Å². The fourth-order valence-corrected chi connectivity index (χ4v) is 3.43. The molecule has 21 heavy (non-hydrogen) atoms. The summed E-state index contributed by atoms with van der Waals surface area (Å²) in [5.41, 5.74) is 1.74. The zero-order chi connectivity index (χ0) is 14.8. The number of ether oxygens (including phenoxy) is 2. The van der Waals surface area contributed by atoms with Gasteiger partial charge in [-0.25, -0.2) is 0 Å². The Hall–Kier alpha value is -1.33. The predicted molar refractivity (Wildman–Crippen MR) is 87.3 cm³/mol. The van der Waals surface area contributed by atoms with Gasteiger partial charge in [-0.3, -0.25) is 4.79 Å². The molecule has 0 N–H and O–H groups in total. The third kappa shape index (κ3) is 3.14. The number of halogens is 2. The van der Waals surface area contributed by atoms with E-state index in [2.05, 4.69) is 31.9 Å². The van der Waals surface area contributed by atoms with Crippen LogP contribution in [0.4, 0.5) is 0 Å². The van der Waals surface area contributed by atoms with Gasteiger partial charge in [-0.15, -0.1) is 0 Å². The topological polar surface area (TPSA) is 35.5 Å². The summed E-state index contributed by atoms with van der Waals surface area (Å²) in [6.07, 6.45) is 0.854. The maximum absolute atomic E-state index is 12.2. The van der Waals surface area contributed by atoms with Crippen molar-refractivity contribution in [1.29, 1.82) is 0 Å². The highest BCUT2D eigenvalue weighted by molar-refractivity contribution is 9.11. The van der Waals surface area contributed by atoms with Crippen molar-refractivity contribution in [3.8, 4) is 11.5 Å². The minimum absolute atomic E-state index is 0.000850. The molecule has 1 aliphatic rings. The van der Waals surface area contributed by atoms with E-state index in [4.69, 9.17) is 9.47 Å². The molecule has 0 amide bonds. The van der Waals surface area contributed by atoms with Gasteiger partial charge in [-0.2, -0.15) is 0 Å². The van der Waals surface area contributed by atoms with Gasteiger partial charge in [0.25, 0.3) is 0 Å². The summed E-state index contributed by atoms with van der Waals surface area (Å²) in [5.74, 6) is 1.46. The molecule has 0 aliphatic carbocycles. The molecule has 0 unspecified atom stereocenters. The normalized spacial score (nSPS) is 12.7. The number of hydrogen-bond acceptors (Lipinski definition) is 3. The smallest absolute Gasteiger partial charge is 0.200 e. The number of benzene rings is 2. The first-order chi connectivity index (χ1) is 10.1. The Morgan fingerprint density at radius 3 is 2.71 bits per heavy atom. The number of carbonyl (C=O) groups excluding carboxylic acids is 1. The SMILES string of the molecule is O=C(COc1c(Br)cccc1Br)c1ccc2c(c1)CCO2. The summed E-state index contributed by atoms with van der Waals surface area (Å²) in [6, 6.07) is 11.2. The molecular formula is C16H12Br2O3. The van der Waals surface area contributed by atoms with E-state index in [0.29, 0.717) is 17.9 Å². The van der Waals surface area contributed by atoms with Gasteiger partial charge in [0.1, 0.15) is 11.5 Å². The van der Waals surface area contributed by atoms with Crippen LogP contribution < -0.4 is 9.47 Å². The number of ketones is 1. The Morgan fingerprint density at radius 1 is 1.19 bits per heavy atom. The molecular weight excluding hydrogens is 400 g/mol. The minimum atomic E-state index is -0.0487. The summed E-state index contributed by atoms with van der Waals surface area (Å²) >= 11 is 6.82. The number of carbonyl (C=O) groups is 1. The van der Waals surface area contributed by atoms with Gasteiger partial charge < -0.3 is 9.47 Å². The minimum Gasteiger partial charge on any atom is -0.493 e. The second-order valence-electron chi connectivity index (χ2n) is 4.68. The Labute approximate surface area is 139 Å². The van der Waals surface area contributed by atoms with Crippen LogP contribution in [0.5, 0.6) is 11.5 Å². The van der Waals surface area contributed by atoms with Crippen molar-refractivity contribution in [3.05, 3.63) is 56.5 Å². The second-order valence-corrected chi connectivity index (χ2v) is 6.39. The molecule has 0 radical (unpaired) electrons. The summed E-state index contributed by atoms with van der Waals surface area (Å²) in [4.78, 5) is 12.2. The monoisotopic (exact) mass is 410 g/mol. The van der Waals surface area contributed by atoms with Gasteiger partial charge in [0.05, 0.1) is 15.6 Å². The Kier molecular flexibility index (Phi) is 4.31. The Bertz CT molecular complexity index is 678. The molecule has 1 heterocycles. The molecule has 3 nitrogen and oxygen atoms in total. The first-order valence-corrected chi connectivity index (χ1v) is 8.09. The van der Waals surface area contributed by atoms with Gasteiger partial charge in [-0.1, -0.05) is 6.07 Å². The Morgan fingerprint density at radius 2 is 1.95 bits per heavy atom. The van der Waals surface area contributed by atoms with Crippen molar-refractivity contribution < 1.29 is 14.3 Å². The number of Topliss-reactive ketones (excluding diaryl/α,β-unsaturated/α-hetero) is 1. The van der Waals surface area contributed by atoms with Crippen LogP contribution in [-0.2, 0) is 6.42 Å². The highest BCUT2D eigenvalue weighted by atomic mass is 79.9. The fraction of sp³-hybridized carbons (Fsp3) is 0.188. The summed E-state index contributed by atoms with van der Waals surface area (Å²) in [5, 5.41) is 0. The lowest BCUT2D eigenvalue weighted by atomic mass is 10.1. The first-order valence-electron chi connectivity index (χ1n) is 6.51. The number of rotatable bonds is 4. The van der Waals surface area contributed by atoms with Crippen LogP contribution in [0.15, 0.2) is 45.3 Å².